The highest BCUT2D eigenvalue weighted by Gasteiger charge is 2.40. The molecule has 110 valence electrons. The van der Waals surface area contributed by atoms with Crippen LogP contribution in [0.15, 0.2) is 46.9 Å². The highest BCUT2D eigenvalue weighted by Crippen LogP contribution is 2.44. The maximum absolute atomic E-state index is 12.9. The van der Waals surface area contributed by atoms with E-state index < -0.39 is 0 Å². The van der Waals surface area contributed by atoms with Gasteiger partial charge in [0.25, 0.3) is 0 Å². The molecule has 2 aliphatic heterocycles. The minimum absolute atomic E-state index is 0.127. The van der Waals surface area contributed by atoms with Crippen molar-refractivity contribution in [1.29, 1.82) is 0 Å². The Morgan fingerprint density at radius 2 is 2.09 bits per heavy atom. The van der Waals surface area contributed by atoms with Gasteiger partial charge in [-0.1, -0.05) is 37.3 Å². The Hall–Kier alpha value is -2.20. The lowest BCUT2D eigenvalue weighted by molar-refractivity contribution is -0.358. The van der Waals surface area contributed by atoms with E-state index >= 15 is 0 Å². The molecule has 2 aliphatic rings. The van der Waals surface area contributed by atoms with Crippen LogP contribution in [0.25, 0.3) is 5.57 Å². The molecule has 1 unspecified atom stereocenters. The van der Waals surface area contributed by atoms with Gasteiger partial charge in [-0.2, -0.15) is 4.74 Å². The summed E-state index contributed by atoms with van der Waals surface area (Å²) in [5.74, 6) is 0.127. The second-order valence-electron chi connectivity index (χ2n) is 5.64. The van der Waals surface area contributed by atoms with Gasteiger partial charge in [0.1, 0.15) is 4.88 Å². The van der Waals surface area contributed by atoms with Crippen LogP contribution >= 0.6 is 11.3 Å². The third kappa shape index (κ3) is 1.95. The van der Waals surface area contributed by atoms with E-state index in [4.69, 9.17) is 0 Å². The molecule has 4 heteroatoms. The first-order valence-corrected chi connectivity index (χ1v) is 8.40. The molecule has 4 rings (SSSR count). The zero-order valence-corrected chi connectivity index (χ0v) is 13.1. The fraction of sp³-hybridized carbons (Fsp3) is 0.222. The number of aliphatic imine (C=N–C) groups is 1. The highest BCUT2D eigenvalue weighted by atomic mass is 32.1. The minimum Gasteiger partial charge on any atom is -0.618 e. The van der Waals surface area contributed by atoms with Crippen LogP contribution in [0.2, 0.25) is 0 Å². The Morgan fingerprint density at radius 3 is 2.86 bits per heavy atom. The second kappa shape index (κ2) is 5.21. The van der Waals surface area contributed by atoms with Crippen molar-refractivity contribution in [2.75, 3.05) is 0 Å². The molecule has 0 saturated carbocycles. The molecule has 0 spiro atoms. The summed E-state index contributed by atoms with van der Waals surface area (Å²) in [6.07, 6.45) is 5.42. The highest BCUT2D eigenvalue weighted by molar-refractivity contribution is 7.12. The Labute approximate surface area is 133 Å². The lowest BCUT2D eigenvalue weighted by atomic mass is 9.94. The van der Waals surface area contributed by atoms with Gasteiger partial charge in [-0.3, -0.25) is 4.99 Å². The first-order chi connectivity index (χ1) is 10.8. The van der Waals surface area contributed by atoms with Gasteiger partial charge in [0.15, 0.2) is 0 Å². The van der Waals surface area contributed by atoms with Gasteiger partial charge in [-0.15, -0.1) is 11.3 Å². The normalized spacial score (nSPS) is 19.1. The van der Waals surface area contributed by atoms with Crippen LogP contribution in [0.3, 0.4) is 0 Å². The number of allylic oxidation sites excluding steroid dienone is 1. The van der Waals surface area contributed by atoms with Crippen molar-refractivity contribution in [3.63, 3.8) is 0 Å². The van der Waals surface area contributed by atoms with Gasteiger partial charge in [0.2, 0.25) is 11.4 Å². The van der Waals surface area contributed by atoms with Crippen LogP contribution < -0.4 is 0 Å². The molecule has 1 atom stereocenters. The predicted octanol–water partition coefficient (Wildman–Crippen LogP) is 4.39. The monoisotopic (exact) mass is 308 g/mol. The van der Waals surface area contributed by atoms with E-state index in [2.05, 4.69) is 29.4 Å². The second-order valence-corrected chi connectivity index (χ2v) is 6.52. The number of benzene rings is 1. The molecule has 0 fully saturated rings. The van der Waals surface area contributed by atoms with Gasteiger partial charge in [0, 0.05) is 29.8 Å². The predicted molar refractivity (Wildman–Crippen MR) is 92.1 cm³/mol. The number of fused-ring (bicyclic) bond motifs is 3. The molecule has 1 aromatic carbocycles. The fourth-order valence-electron chi connectivity index (χ4n) is 3.15. The average molecular weight is 308 g/mol. The fourth-order valence-corrected chi connectivity index (χ4v) is 4.22. The molecule has 3 nitrogen and oxygen atoms in total. The van der Waals surface area contributed by atoms with Crippen molar-refractivity contribution >= 4 is 34.5 Å². The molecular weight excluding hydrogens is 292 g/mol. The Morgan fingerprint density at radius 1 is 1.27 bits per heavy atom. The summed E-state index contributed by atoms with van der Waals surface area (Å²) in [6, 6.07) is 10.3. The van der Waals surface area contributed by atoms with Crippen LogP contribution in [0.4, 0.5) is 5.69 Å². The molecule has 2 aromatic rings. The zero-order chi connectivity index (χ0) is 15.1. The molecule has 0 bridgehead atoms. The number of hydrogen-bond acceptors (Lipinski definition) is 3. The van der Waals surface area contributed by atoms with Crippen LogP contribution in [-0.4, -0.2) is 16.7 Å². The van der Waals surface area contributed by atoms with E-state index in [1.165, 1.54) is 5.56 Å². The number of thiophene rings is 1. The summed E-state index contributed by atoms with van der Waals surface area (Å²) in [7, 11) is 0. The Bertz CT molecular complexity index is 815. The molecule has 0 N–H and O–H groups in total. The van der Waals surface area contributed by atoms with Crippen LogP contribution in [0.5, 0.6) is 0 Å². The smallest absolute Gasteiger partial charge is 0.239 e. The van der Waals surface area contributed by atoms with Crippen LogP contribution in [0, 0.1) is 11.1 Å². The van der Waals surface area contributed by atoms with Crippen molar-refractivity contribution in [3.05, 3.63) is 63.1 Å². The number of hydrogen-bond donors (Lipinski definition) is 0. The molecule has 3 heterocycles. The van der Waals surface area contributed by atoms with E-state index in [1.54, 1.807) is 11.3 Å². The van der Waals surface area contributed by atoms with Gasteiger partial charge >= 0.3 is 0 Å². The summed E-state index contributed by atoms with van der Waals surface area (Å²) >= 11 is 1.66. The lowest BCUT2D eigenvalue weighted by Crippen LogP contribution is -2.22. The molecular formula is C18H16N2OS. The van der Waals surface area contributed by atoms with Crippen molar-refractivity contribution in [2.24, 2.45) is 10.9 Å². The standard InChI is InChI=1S/C18H16N2OS/c1-2-13-9-19-10-15-16(13)20(21)17-14(11-22-18(15)17)8-12-6-4-3-5-7-12/h3-7,9-11,13H,2,8H2,1H3. The minimum atomic E-state index is 0.127. The topological polar surface area (TPSA) is 38.4 Å². The summed E-state index contributed by atoms with van der Waals surface area (Å²) in [6.45, 7) is 2.10. The Kier molecular flexibility index (Phi) is 3.19. The zero-order valence-electron chi connectivity index (χ0n) is 12.3. The number of nitrogens with zero attached hydrogens (tertiary/aromatic N) is 2. The van der Waals surface area contributed by atoms with E-state index in [0.717, 1.165) is 45.0 Å². The van der Waals surface area contributed by atoms with Crippen molar-refractivity contribution in [3.8, 4) is 0 Å². The van der Waals surface area contributed by atoms with Crippen molar-refractivity contribution < 1.29 is 4.74 Å². The van der Waals surface area contributed by atoms with Gasteiger partial charge in [-0.25, -0.2) is 0 Å². The van der Waals surface area contributed by atoms with Gasteiger partial charge < -0.3 is 5.21 Å². The summed E-state index contributed by atoms with van der Waals surface area (Å²) in [5.41, 5.74) is 5.06. The summed E-state index contributed by atoms with van der Waals surface area (Å²) in [4.78, 5) is 5.41. The summed E-state index contributed by atoms with van der Waals surface area (Å²) in [5, 5.41) is 15.0. The third-order valence-corrected chi connectivity index (χ3v) is 5.33. The van der Waals surface area contributed by atoms with E-state index in [0.29, 0.717) is 0 Å². The van der Waals surface area contributed by atoms with Crippen molar-refractivity contribution in [1.82, 2.24) is 0 Å². The largest absolute Gasteiger partial charge is 0.618 e. The van der Waals surface area contributed by atoms with Crippen LogP contribution in [0.1, 0.15) is 29.3 Å². The van der Waals surface area contributed by atoms with E-state index in [-0.39, 0.29) is 5.92 Å². The first-order valence-electron chi connectivity index (χ1n) is 7.52. The summed E-state index contributed by atoms with van der Waals surface area (Å²) < 4.78 is 1.15. The van der Waals surface area contributed by atoms with Crippen LogP contribution in [-0.2, 0) is 6.42 Å². The quantitative estimate of drug-likeness (QED) is 0.612. The van der Waals surface area contributed by atoms with Gasteiger partial charge in [0.05, 0.1) is 11.5 Å². The SMILES string of the molecule is CCC1C=NC=C2C1=[N+]([O-])c1c(Cc3ccccc3)csc12. The van der Waals surface area contributed by atoms with E-state index in [1.807, 2.05) is 30.6 Å². The molecule has 0 aliphatic carbocycles. The molecule has 0 radical (unpaired) electrons. The number of rotatable bonds is 3. The molecule has 0 saturated heterocycles. The van der Waals surface area contributed by atoms with Crippen molar-refractivity contribution in [2.45, 2.75) is 19.8 Å². The third-order valence-electron chi connectivity index (χ3n) is 4.28. The molecule has 1 aromatic heterocycles. The Balaban J connectivity index is 1.79. The maximum Gasteiger partial charge on any atom is 0.239 e. The lowest BCUT2D eigenvalue weighted by Gasteiger charge is -2.13. The molecule has 22 heavy (non-hydrogen) atoms. The average Bonchev–Trinajstić information content (AvgIpc) is 3.09. The molecule has 0 amide bonds. The maximum atomic E-state index is 12.9. The van der Waals surface area contributed by atoms with Gasteiger partial charge in [-0.05, 0) is 12.0 Å². The first kappa shape index (κ1) is 13.5. The van der Waals surface area contributed by atoms with E-state index in [9.17, 15) is 5.21 Å².